The van der Waals surface area contributed by atoms with Gasteiger partial charge in [0, 0.05) is 18.4 Å². The number of halogens is 2. The Morgan fingerprint density at radius 3 is 2.94 bits per heavy atom. The second kappa shape index (κ2) is 7.89. The van der Waals surface area contributed by atoms with E-state index < -0.39 is 17.6 Å². The number of nitrogens with one attached hydrogen (secondary N) is 1. The van der Waals surface area contributed by atoms with Crippen LogP contribution in [0.3, 0.4) is 0 Å². The summed E-state index contributed by atoms with van der Waals surface area (Å²) in [6.45, 7) is 0.594. The van der Waals surface area contributed by atoms with Crippen LogP contribution in [0.5, 0.6) is 0 Å². The van der Waals surface area contributed by atoms with Crippen molar-refractivity contribution in [2.75, 3.05) is 16.3 Å². The van der Waals surface area contributed by atoms with E-state index in [0.717, 1.165) is 6.42 Å². The number of fused-ring (bicyclic) bond motifs is 2. The first-order valence-electron chi connectivity index (χ1n) is 10.7. The predicted octanol–water partition coefficient (Wildman–Crippen LogP) is 2.65. The normalized spacial score (nSPS) is 20.0. The van der Waals surface area contributed by atoms with E-state index in [0.29, 0.717) is 46.7 Å². The number of nitrogens with zero attached hydrogens (tertiary/aromatic N) is 7. The number of aromatic amines is 1. The molecule has 4 aromatic rings. The third-order valence-corrected chi connectivity index (χ3v) is 6.45. The molecule has 0 amide bonds. The van der Waals surface area contributed by atoms with Crippen molar-refractivity contribution >= 4 is 40.0 Å². The van der Waals surface area contributed by atoms with Gasteiger partial charge in [0.15, 0.2) is 12.1 Å². The highest BCUT2D eigenvalue weighted by Gasteiger charge is 2.41. The summed E-state index contributed by atoms with van der Waals surface area (Å²) in [7, 11) is 0. The monoisotopic (exact) mass is 480 g/mol. The summed E-state index contributed by atoms with van der Waals surface area (Å²) in [6, 6.07) is 7.21. The van der Waals surface area contributed by atoms with Gasteiger partial charge in [-0.3, -0.25) is 9.69 Å². The number of aliphatic hydroxyl groups is 1. The molecule has 0 bridgehead atoms. The van der Waals surface area contributed by atoms with Crippen molar-refractivity contribution in [2.45, 2.75) is 25.1 Å². The second-order valence-electron chi connectivity index (χ2n) is 8.06. The molecule has 2 aliphatic heterocycles. The molecule has 0 saturated carbocycles. The zero-order valence-electron chi connectivity index (χ0n) is 17.6. The van der Waals surface area contributed by atoms with E-state index in [9.17, 15) is 14.3 Å². The van der Waals surface area contributed by atoms with Gasteiger partial charge in [0.05, 0.1) is 17.4 Å². The van der Waals surface area contributed by atoms with Crippen molar-refractivity contribution in [2.24, 2.45) is 5.10 Å². The molecule has 1 fully saturated rings. The number of H-pyrrole nitrogens is 1. The standard InChI is InChI=1S/C22H18ClFN8O2/c23-14-6-8-31-17(14)22(34)32(13-4-1-3-12(24)9-13)19(29-31)15-5-2-7-30(15)20-16-18(25-10-27-20)26-11-28-21(16)33/h1,3-4,6,8-11,15,22,34H,2,5,7H2,(H,25,26,27,28,33)/t15-,22?/m0/s1. The number of anilines is 2. The molecule has 2 atom stereocenters. The molecule has 34 heavy (non-hydrogen) atoms. The lowest BCUT2D eigenvalue weighted by Gasteiger charge is -2.39. The van der Waals surface area contributed by atoms with Gasteiger partial charge in [0.2, 0.25) is 0 Å². The Kier molecular flexibility index (Phi) is 4.82. The molecule has 0 radical (unpaired) electrons. The number of hydrogen-bond acceptors (Lipinski definition) is 8. The average molecular weight is 481 g/mol. The van der Waals surface area contributed by atoms with E-state index in [1.54, 1.807) is 29.3 Å². The predicted molar refractivity (Wildman–Crippen MR) is 124 cm³/mol. The molecular weight excluding hydrogens is 463 g/mol. The average Bonchev–Trinajstić information content (AvgIpc) is 3.46. The summed E-state index contributed by atoms with van der Waals surface area (Å²) < 4.78 is 15.7. The summed E-state index contributed by atoms with van der Waals surface area (Å²) in [6.07, 6.45) is 4.61. The van der Waals surface area contributed by atoms with Crippen LogP contribution in [0.1, 0.15) is 24.8 Å². The Hall–Kier alpha value is -3.83. The summed E-state index contributed by atoms with van der Waals surface area (Å²) >= 11 is 6.33. The Balaban J connectivity index is 1.53. The minimum atomic E-state index is -1.20. The fraction of sp³-hybridized carbons (Fsp3) is 0.227. The summed E-state index contributed by atoms with van der Waals surface area (Å²) in [5.74, 6) is 0.454. The third-order valence-electron chi connectivity index (χ3n) is 6.13. The summed E-state index contributed by atoms with van der Waals surface area (Å²) in [5, 5.41) is 16.7. The van der Waals surface area contributed by atoms with Crippen LogP contribution in [0, 0.1) is 5.82 Å². The number of aromatic nitrogens is 5. The lowest BCUT2D eigenvalue weighted by atomic mass is 10.1. The molecule has 3 aromatic heterocycles. The molecule has 1 unspecified atom stereocenters. The molecule has 172 valence electrons. The lowest BCUT2D eigenvalue weighted by Crippen LogP contribution is -2.50. The zero-order chi connectivity index (χ0) is 23.4. The number of hydrogen-bond donors (Lipinski definition) is 2. The van der Waals surface area contributed by atoms with E-state index in [1.807, 2.05) is 4.90 Å². The maximum absolute atomic E-state index is 14.2. The van der Waals surface area contributed by atoms with Crippen LogP contribution in [-0.4, -0.2) is 48.1 Å². The highest BCUT2D eigenvalue weighted by molar-refractivity contribution is 6.31. The van der Waals surface area contributed by atoms with Crippen LogP contribution >= 0.6 is 11.6 Å². The van der Waals surface area contributed by atoms with Gasteiger partial charge in [0.25, 0.3) is 5.56 Å². The molecular formula is C22H18ClFN8O2. The van der Waals surface area contributed by atoms with Gasteiger partial charge >= 0.3 is 0 Å². The van der Waals surface area contributed by atoms with Crippen LogP contribution in [0.15, 0.2) is 59.1 Å². The topological polar surface area (TPSA) is 116 Å². The molecule has 6 rings (SSSR count). The first-order valence-corrected chi connectivity index (χ1v) is 11.0. The lowest BCUT2D eigenvalue weighted by molar-refractivity contribution is 0.173. The highest BCUT2D eigenvalue weighted by Crippen LogP contribution is 2.38. The van der Waals surface area contributed by atoms with Gasteiger partial charge in [-0.15, -0.1) is 0 Å². The molecule has 0 aliphatic carbocycles. The Bertz CT molecular complexity index is 1500. The van der Waals surface area contributed by atoms with Gasteiger partial charge in [-0.2, -0.15) is 10.1 Å². The Labute approximate surface area is 197 Å². The van der Waals surface area contributed by atoms with Gasteiger partial charge in [0.1, 0.15) is 34.7 Å². The second-order valence-corrected chi connectivity index (χ2v) is 8.46. The van der Waals surface area contributed by atoms with Crippen LogP contribution in [-0.2, 0) is 0 Å². The quantitative estimate of drug-likeness (QED) is 0.463. The van der Waals surface area contributed by atoms with E-state index >= 15 is 0 Å². The van der Waals surface area contributed by atoms with Crippen molar-refractivity contribution in [1.82, 2.24) is 24.6 Å². The van der Waals surface area contributed by atoms with Crippen LogP contribution in [0.25, 0.3) is 11.0 Å². The van der Waals surface area contributed by atoms with E-state index in [1.165, 1.54) is 29.5 Å². The minimum Gasteiger partial charge on any atom is -0.368 e. The van der Waals surface area contributed by atoms with Gasteiger partial charge in [-0.05, 0) is 37.1 Å². The fourth-order valence-corrected chi connectivity index (χ4v) is 4.92. The van der Waals surface area contributed by atoms with E-state index in [4.69, 9.17) is 16.7 Å². The molecule has 2 aliphatic rings. The number of rotatable bonds is 3. The van der Waals surface area contributed by atoms with Gasteiger partial charge in [-0.25, -0.2) is 19.0 Å². The van der Waals surface area contributed by atoms with Gasteiger partial charge in [-0.1, -0.05) is 17.7 Å². The first kappa shape index (κ1) is 20.8. The number of aliphatic hydroxyl groups excluding tert-OH is 1. The molecule has 1 saturated heterocycles. The maximum atomic E-state index is 14.2. The molecule has 10 nitrogen and oxygen atoms in total. The number of amidine groups is 1. The molecule has 0 spiro atoms. The highest BCUT2D eigenvalue weighted by atomic mass is 35.5. The van der Waals surface area contributed by atoms with Crippen molar-refractivity contribution in [3.63, 3.8) is 0 Å². The smallest absolute Gasteiger partial charge is 0.285 e. The SMILES string of the molecule is O=c1nc[nH]c2ncnc(N3CCC[C@H]3C3=Nn4ccc(Cl)c4C(O)N3c3cccc(F)c3)c12. The summed E-state index contributed by atoms with van der Waals surface area (Å²) in [4.78, 5) is 31.4. The Morgan fingerprint density at radius 1 is 1.21 bits per heavy atom. The first-order chi connectivity index (χ1) is 16.5. The largest absolute Gasteiger partial charge is 0.368 e. The van der Waals surface area contributed by atoms with Crippen LogP contribution in [0.4, 0.5) is 15.9 Å². The minimum absolute atomic E-state index is 0.274. The van der Waals surface area contributed by atoms with Crippen LogP contribution < -0.4 is 15.4 Å². The van der Waals surface area contributed by atoms with Crippen molar-refractivity contribution < 1.29 is 9.50 Å². The van der Waals surface area contributed by atoms with Gasteiger partial charge < -0.3 is 15.0 Å². The van der Waals surface area contributed by atoms with E-state index in [2.05, 4.69) is 19.9 Å². The number of benzene rings is 1. The molecule has 5 heterocycles. The van der Waals surface area contributed by atoms with Crippen molar-refractivity contribution in [1.29, 1.82) is 0 Å². The van der Waals surface area contributed by atoms with Crippen LogP contribution in [0.2, 0.25) is 5.02 Å². The molecule has 2 N–H and O–H groups in total. The fourth-order valence-electron chi connectivity index (χ4n) is 4.68. The molecule has 1 aromatic carbocycles. The van der Waals surface area contributed by atoms with Crippen molar-refractivity contribution in [3.8, 4) is 0 Å². The maximum Gasteiger partial charge on any atom is 0.285 e. The van der Waals surface area contributed by atoms with E-state index in [-0.39, 0.29) is 11.4 Å². The zero-order valence-corrected chi connectivity index (χ0v) is 18.4. The Morgan fingerprint density at radius 2 is 2.09 bits per heavy atom. The third kappa shape index (κ3) is 3.16. The summed E-state index contributed by atoms with van der Waals surface area (Å²) in [5.41, 5.74) is 0.742. The molecule has 12 heteroatoms. The van der Waals surface area contributed by atoms with Crippen molar-refractivity contribution in [3.05, 3.63) is 76.1 Å².